The molecule has 0 bridgehead atoms. The number of nitrogens with zero attached hydrogens (tertiary/aromatic N) is 2. The predicted octanol–water partition coefficient (Wildman–Crippen LogP) is 3.51. The zero-order valence-electron chi connectivity index (χ0n) is 16.6. The minimum absolute atomic E-state index is 0.172. The van der Waals surface area contributed by atoms with Crippen LogP contribution in [0.3, 0.4) is 0 Å². The summed E-state index contributed by atoms with van der Waals surface area (Å²) in [5.41, 5.74) is 8.24. The zero-order valence-corrected chi connectivity index (χ0v) is 16.6. The molecular formula is C20H26N4O3. The highest BCUT2D eigenvalue weighted by Gasteiger charge is 2.30. The molecule has 1 atom stereocenters. The molecule has 0 fully saturated rings. The second kappa shape index (κ2) is 6.81. The Hall–Kier alpha value is -2.67. The Kier molecular flexibility index (Phi) is 4.82. The molecule has 0 saturated carbocycles. The SMILES string of the molecule is Cc1cc(-c2cc(C(=O)NC(C)(CN)C(C)C)c3c(C)noc3n2)c(C)o1. The minimum atomic E-state index is -0.528. The Morgan fingerprint density at radius 1 is 1.30 bits per heavy atom. The van der Waals surface area contributed by atoms with E-state index in [2.05, 4.69) is 15.5 Å². The van der Waals surface area contributed by atoms with Crippen LogP contribution in [0.4, 0.5) is 0 Å². The Labute approximate surface area is 158 Å². The highest BCUT2D eigenvalue weighted by Crippen LogP contribution is 2.31. The van der Waals surface area contributed by atoms with Crippen molar-refractivity contribution in [2.45, 2.75) is 47.1 Å². The van der Waals surface area contributed by atoms with Gasteiger partial charge in [-0.3, -0.25) is 4.79 Å². The average Bonchev–Trinajstić information content (AvgIpc) is 3.15. The number of fused-ring (bicyclic) bond motifs is 1. The first-order valence-electron chi connectivity index (χ1n) is 9.03. The Bertz CT molecular complexity index is 1000. The highest BCUT2D eigenvalue weighted by atomic mass is 16.5. The largest absolute Gasteiger partial charge is 0.466 e. The monoisotopic (exact) mass is 370 g/mol. The fraction of sp³-hybridized carbons (Fsp3) is 0.450. The van der Waals surface area contributed by atoms with Crippen molar-refractivity contribution in [2.75, 3.05) is 6.54 Å². The van der Waals surface area contributed by atoms with Crippen molar-refractivity contribution >= 4 is 17.0 Å². The van der Waals surface area contributed by atoms with E-state index in [4.69, 9.17) is 14.7 Å². The molecule has 1 amide bonds. The van der Waals surface area contributed by atoms with Crippen molar-refractivity contribution in [2.24, 2.45) is 11.7 Å². The van der Waals surface area contributed by atoms with Gasteiger partial charge in [0.2, 0.25) is 0 Å². The van der Waals surface area contributed by atoms with E-state index in [1.54, 1.807) is 13.0 Å². The second-order valence-corrected chi connectivity index (χ2v) is 7.56. The van der Waals surface area contributed by atoms with Crippen molar-refractivity contribution in [1.29, 1.82) is 0 Å². The van der Waals surface area contributed by atoms with Crippen LogP contribution >= 0.6 is 0 Å². The van der Waals surface area contributed by atoms with E-state index in [0.717, 1.165) is 17.1 Å². The maximum Gasteiger partial charge on any atom is 0.259 e. The summed E-state index contributed by atoms with van der Waals surface area (Å²) >= 11 is 0. The molecule has 0 saturated heterocycles. The number of aryl methyl sites for hydroxylation is 3. The molecule has 7 heteroatoms. The van der Waals surface area contributed by atoms with Gasteiger partial charge in [0.25, 0.3) is 11.6 Å². The number of carbonyl (C=O) groups excluding carboxylic acids is 1. The van der Waals surface area contributed by atoms with Crippen LogP contribution in [0, 0.1) is 26.7 Å². The Morgan fingerprint density at radius 2 is 2.00 bits per heavy atom. The van der Waals surface area contributed by atoms with Crippen LogP contribution in [0.5, 0.6) is 0 Å². The molecule has 0 aliphatic rings. The molecule has 0 aliphatic heterocycles. The Balaban J connectivity index is 2.15. The van der Waals surface area contributed by atoms with Crippen LogP contribution in [-0.4, -0.2) is 28.1 Å². The van der Waals surface area contributed by atoms with Crippen molar-refractivity contribution in [1.82, 2.24) is 15.5 Å². The number of hydrogen-bond acceptors (Lipinski definition) is 6. The van der Waals surface area contributed by atoms with Crippen molar-refractivity contribution in [3.63, 3.8) is 0 Å². The number of amides is 1. The number of nitrogens with one attached hydrogen (secondary N) is 1. The molecule has 3 N–H and O–H groups in total. The van der Waals surface area contributed by atoms with Crippen LogP contribution in [-0.2, 0) is 0 Å². The number of carbonyl (C=O) groups is 1. The van der Waals surface area contributed by atoms with Gasteiger partial charge in [0.05, 0.1) is 27.9 Å². The standard InChI is InChI=1S/C20H26N4O3/c1-10(2)20(6,9-21)23-18(25)15-8-16(14-7-11(3)26-13(14)5)22-19-17(15)12(4)24-27-19/h7-8,10H,9,21H2,1-6H3,(H,23,25). The van der Waals surface area contributed by atoms with Crippen LogP contribution < -0.4 is 11.1 Å². The van der Waals surface area contributed by atoms with E-state index < -0.39 is 5.54 Å². The van der Waals surface area contributed by atoms with Gasteiger partial charge in [-0.15, -0.1) is 0 Å². The summed E-state index contributed by atoms with van der Waals surface area (Å²) in [4.78, 5) is 17.7. The van der Waals surface area contributed by atoms with E-state index in [1.807, 2.05) is 40.7 Å². The van der Waals surface area contributed by atoms with Crippen LogP contribution in [0.15, 0.2) is 21.1 Å². The normalized spacial score (nSPS) is 13.9. The maximum atomic E-state index is 13.2. The summed E-state index contributed by atoms with van der Waals surface area (Å²) < 4.78 is 11.0. The van der Waals surface area contributed by atoms with Crippen molar-refractivity contribution < 1.29 is 13.7 Å². The molecule has 1 unspecified atom stereocenters. The quantitative estimate of drug-likeness (QED) is 0.712. The van der Waals surface area contributed by atoms with Crippen LogP contribution in [0.1, 0.15) is 48.3 Å². The molecule has 3 aromatic rings. The van der Waals surface area contributed by atoms with Gasteiger partial charge in [-0.2, -0.15) is 0 Å². The third-order valence-corrected chi connectivity index (χ3v) is 5.28. The van der Waals surface area contributed by atoms with E-state index in [0.29, 0.717) is 34.6 Å². The number of aromatic nitrogens is 2. The van der Waals surface area contributed by atoms with Crippen LogP contribution in [0.2, 0.25) is 0 Å². The highest BCUT2D eigenvalue weighted by molar-refractivity contribution is 6.07. The lowest BCUT2D eigenvalue weighted by molar-refractivity contribution is 0.0885. The molecular weight excluding hydrogens is 344 g/mol. The fourth-order valence-electron chi connectivity index (χ4n) is 3.05. The lowest BCUT2D eigenvalue weighted by Gasteiger charge is -2.33. The van der Waals surface area contributed by atoms with Gasteiger partial charge in [-0.05, 0) is 45.7 Å². The van der Waals surface area contributed by atoms with E-state index >= 15 is 0 Å². The molecule has 0 aromatic carbocycles. The minimum Gasteiger partial charge on any atom is -0.466 e. The smallest absolute Gasteiger partial charge is 0.259 e. The number of rotatable bonds is 5. The Morgan fingerprint density at radius 3 is 2.56 bits per heavy atom. The lowest BCUT2D eigenvalue weighted by atomic mass is 9.88. The van der Waals surface area contributed by atoms with Gasteiger partial charge in [-0.25, -0.2) is 4.98 Å². The topological polar surface area (TPSA) is 107 Å². The second-order valence-electron chi connectivity index (χ2n) is 7.56. The van der Waals surface area contributed by atoms with E-state index in [9.17, 15) is 4.79 Å². The summed E-state index contributed by atoms with van der Waals surface area (Å²) in [7, 11) is 0. The van der Waals surface area contributed by atoms with E-state index in [-0.39, 0.29) is 11.8 Å². The molecule has 3 heterocycles. The van der Waals surface area contributed by atoms with Crippen LogP contribution in [0.25, 0.3) is 22.4 Å². The third-order valence-electron chi connectivity index (χ3n) is 5.28. The molecule has 3 rings (SSSR count). The molecule has 27 heavy (non-hydrogen) atoms. The number of furan rings is 1. The molecule has 144 valence electrons. The molecule has 7 nitrogen and oxygen atoms in total. The number of pyridine rings is 1. The maximum absolute atomic E-state index is 13.2. The van der Waals surface area contributed by atoms with Gasteiger partial charge in [0.1, 0.15) is 11.5 Å². The first-order valence-corrected chi connectivity index (χ1v) is 9.03. The first-order chi connectivity index (χ1) is 12.7. The molecule has 3 aromatic heterocycles. The van der Waals surface area contributed by atoms with Gasteiger partial charge < -0.3 is 20.0 Å². The molecule has 0 radical (unpaired) electrons. The number of nitrogens with two attached hydrogens (primary N) is 1. The zero-order chi connectivity index (χ0) is 19.9. The van der Waals surface area contributed by atoms with Gasteiger partial charge in [0, 0.05) is 12.1 Å². The number of hydrogen-bond donors (Lipinski definition) is 2. The van der Waals surface area contributed by atoms with Crippen molar-refractivity contribution in [3.8, 4) is 11.3 Å². The summed E-state index contributed by atoms with van der Waals surface area (Å²) in [6.07, 6.45) is 0. The average molecular weight is 370 g/mol. The van der Waals surface area contributed by atoms with Gasteiger partial charge >= 0.3 is 0 Å². The summed E-state index contributed by atoms with van der Waals surface area (Å²) in [6.45, 7) is 11.9. The lowest BCUT2D eigenvalue weighted by Crippen LogP contribution is -2.55. The van der Waals surface area contributed by atoms with E-state index in [1.165, 1.54) is 0 Å². The predicted molar refractivity (Wildman–Crippen MR) is 103 cm³/mol. The first kappa shape index (κ1) is 19.1. The summed E-state index contributed by atoms with van der Waals surface area (Å²) in [5, 5.41) is 7.68. The summed E-state index contributed by atoms with van der Waals surface area (Å²) in [5.74, 6) is 1.45. The van der Waals surface area contributed by atoms with Gasteiger partial charge in [0.15, 0.2) is 0 Å². The fourth-order valence-corrected chi connectivity index (χ4v) is 3.05. The third kappa shape index (κ3) is 3.35. The summed E-state index contributed by atoms with van der Waals surface area (Å²) in [6, 6.07) is 3.66. The van der Waals surface area contributed by atoms with Crippen molar-refractivity contribution in [3.05, 3.63) is 34.9 Å². The molecule has 0 aliphatic carbocycles. The molecule has 0 spiro atoms. The van der Waals surface area contributed by atoms with Gasteiger partial charge in [-0.1, -0.05) is 19.0 Å².